The van der Waals surface area contributed by atoms with Crippen molar-refractivity contribution in [3.63, 3.8) is 0 Å². The molecule has 1 amide bonds. The Bertz CT molecular complexity index is 215. The average Bonchev–Trinajstić information content (AvgIpc) is 3.08. The smallest absolute Gasteiger partial charge is 0.233 e. The van der Waals surface area contributed by atoms with E-state index in [1.165, 1.54) is 12.8 Å². The minimum absolute atomic E-state index is 0.121. The van der Waals surface area contributed by atoms with Gasteiger partial charge in [-0.05, 0) is 52.0 Å². The van der Waals surface area contributed by atoms with Crippen molar-refractivity contribution in [1.82, 2.24) is 10.6 Å². The molecule has 0 aromatic heterocycles. The third kappa shape index (κ3) is 9.12. The summed E-state index contributed by atoms with van der Waals surface area (Å²) in [5, 5.41) is 6.09. The van der Waals surface area contributed by atoms with E-state index in [1.807, 2.05) is 13.8 Å². The van der Waals surface area contributed by atoms with Gasteiger partial charge >= 0.3 is 0 Å². The Morgan fingerprint density at radius 1 is 1.35 bits per heavy atom. The molecule has 1 aliphatic rings. The number of rotatable bonds is 10. The van der Waals surface area contributed by atoms with Crippen LogP contribution in [0.2, 0.25) is 0 Å². The van der Waals surface area contributed by atoms with Crippen LogP contribution in [0.1, 0.15) is 39.5 Å². The molecule has 4 heteroatoms. The van der Waals surface area contributed by atoms with Crippen molar-refractivity contribution >= 4 is 5.91 Å². The lowest BCUT2D eigenvalue weighted by atomic mass is 10.3. The van der Waals surface area contributed by atoms with E-state index in [-0.39, 0.29) is 5.91 Å². The number of carbonyl (C=O) groups excluding carboxylic acids is 1. The second-order valence-electron chi connectivity index (χ2n) is 5.05. The summed E-state index contributed by atoms with van der Waals surface area (Å²) in [5.41, 5.74) is 0. The number of amides is 1. The van der Waals surface area contributed by atoms with E-state index in [0.717, 1.165) is 38.5 Å². The van der Waals surface area contributed by atoms with Crippen LogP contribution in [0.15, 0.2) is 0 Å². The number of hydrogen-bond acceptors (Lipinski definition) is 3. The van der Waals surface area contributed by atoms with Crippen LogP contribution in [0.5, 0.6) is 0 Å². The fourth-order valence-corrected chi connectivity index (χ4v) is 1.52. The molecule has 0 aromatic carbocycles. The fourth-order valence-electron chi connectivity index (χ4n) is 1.52. The van der Waals surface area contributed by atoms with Gasteiger partial charge < -0.3 is 15.4 Å². The van der Waals surface area contributed by atoms with E-state index in [4.69, 9.17) is 4.74 Å². The maximum atomic E-state index is 11.4. The normalized spacial score (nSPS) is 15.2. The van der Waals surface area contributed by atoms with Crippen LogP contribution >= 0.6 is 0 Å². The molecule has 0 bridgehead atoms. The van der Waals surface area contributed by atoms with Crippen LogP contribution in [0.4, 0.5) is 0 Å². The SMILES string of the molecule is CC(C)OCCCCNCC(=O)NCC1CC1. The minimum Gasteiger partial charge on any atom is -0.379 e. The van der Waals surface area contributed by atoms with Gasteiger partial charge in [0.15, 0.2) is 0 Å². The highest BCUT2D eigenvalue weighted by atomic mass is 16.5. The lowest BCUT2D eigenvalue weighted by molar-refractivity contribution is -0.120. The van der Waals surface area contributed by atoms with Gasteiger partial charge in [0.2, 0.25) is 5.91 Å². The zero-order valence-electron chi connectivity index (χ0n) is 11.1. The van der Waals surface area contributed by atoms with Crippen LogP contribution in [0.25, 0.3) is 0 Å². The average molecular weight is 242 g/mol. The van der Waals surface area contributed by atoms with Crippen molar-refractivity contribution in [2.24, 2.45) is 5.92 Å². The van der Waals surface area contributed by atoms with Gasteiger partial charge in [-0.25, -0.2) is 0 Å². The van der Waals surface area contributed by atoms with Crippen molar-refractivity contribution in [3.8, 4) is 0 Å². The summed E-state index contributed by atoms with van der Waals surface area (Å²) in [6.07, 6.45) is 4.99. The maximum Gasteiger partial charge on any atom is 0.233 e. The molecule has 0 unspecified atom stereocenters. The molecule has 4 nitrogen and oxygen atoms in total. The first-order chi connectivity index (χ1) is 8.18. The highest BCUT2D eigenvalue weighted by Crippen LogP contribution is 2.27. The van der Waals surface area contributed by atoms with Gasteiger partial charge in [0, 0.05) is 13.2 Å². The second kappa shape index (κ2) is 8.48. The first kappa shape index (κ1) is 14.5. The summed E-state index contributed by atoms with van der Waals surface area (Å²) >= 11 is 0. The highest BCUT2D eigenvalue weighted by molar-refractivity contribution is 5.77. The molecule has 0 atom stereocenters. The Balaban J connectivity index is 1.77. The predicted octanol–water partition coefficient (Wildman–Crippen LogP) is 1.31. The molecule has 100 valence electrons. The topological polar surface area (TPSA) is 50.4 Å². The van der Waals surface area contributed by atoms with E-state index < -0.39 is 0 Å². The zero-order chi connectivity index (χ0) is 12.5. The molecular weight excluding hydrogens is 216 g/mol. The molecule has 17 heavy (non-hydrogen) atoms. The molecule has 1 aliphatic carbocycles. The Morgan fingerprint density at radius 3 is 2.76 bits per heavy atom. The Labute approximate surface area is 104 Å². The van der Waals surface area contributed by atoms with Crippen LogP contribution in [0, 0.1) is 5.92 Å². The minimum atomic E-state index is 0.121. The van der Waals surface area contributed by atoms with E-state index in [1.54, 1.807) is 0 Å². The summed E-state index contributed by atoms with van der Waals surface area (Å²) in [5.74, 6) is 0.877. The van der Waals surface area contributed by atoms with Gasteiger partial charge in [-0.3, -0.25) is 4.79 Å². The summed E-state index contributed by atoms with van der Waals surface area (Å²) in [4.78, 5) is 11.4. The lowest BCUT2D eigenvalue weighted by Gasteiger charge is -2.08. The number of carbonyl (C=O) groups is 1. The van der Waals surface area contributed by atoms with E-state index in [0.29, 0.717) is 12.6 Å². The molecule has 0 aliphatic heterocycles. The van der Waals surface area contributed by atoms with Crippen molar-refractivity contribution in [3.05, 3.63) is 0 Å². The van der Waals surface area contributed by atoms with E-state index in [9.17, 15) is 4.79 Å². The molecule has 0 spiro atoms. The number of hydrogen-bond donors (Lipinski definition) is 2. The Hall–Kier alpha value is -0.610. The predicted molar refractivity (Wildman–Crippen MR) is 68.9 cm³/mol. The largest absolute Gasteiger partial charge is 0.379 e. The zero-order valence-corrected chi connectivity index (χ0v) is 11.1. The van der Waals surface area contributed by atoms with Crippen LogP contribution in [-0.4, -0.2) is 38.3 Å². The molecule has 0 aromatic rings. The standard InChI is InChI=1S/C13H26N2O2/c1-11(2)17-8-4-3-7-14-10-13(16)15-9-12-5-6-12/h11-12,14H,3-10H2,1-2H3,(H,15,16). The number of nitrogens with one attached hydrogen (secondary N) is 2. The van der Waals surface area contributed by atoms with E-state index in [2.05, 4.69) is 10.6 Å². The van der Waals surface area contributed by atoms with Gasteiger partial charge in [0.25, 0.3) is 0 Å². The number of unbranched alkanes of at least 4 members (excludes halogenated alkanes) is 1. The molecule has 1 saturated carbocycles. The molecular formula is C13H26N2O2. The molecule has 1 rings (SSSR count). The van der Waals surface area contributed by atoms with Gasteiger partial charge in [-0.2, -0.15) is 0 Å². The Morgan fingerprint density at radius 2 is 2.12 bits per heavy atom. The van der Waals surface area contributed by atoms with Crippen molar-refractivity contribution in [2.75, 3.05) is 26.2 Å². The first-order valence-corrected chi connectivity index (χ1v) is 6.77. The summed E-state index contributed by atoms with van der Waals surface area (Å²) in [6, 6.07) is 0. The second-order valence-corrected chi connectivity index (χ2v) is 5.05. The van der Waals surface area contributed by atoms with Crippen LogP contribution in [0.3, 0.4) is 0 Å². The molecule has 2 N–H and O–H groups in total. The van der Waals surface area contributed by atoms with E-state index >= 15 is 0 Å². The fraction of sp³-hybridized carbons (Fsp3) is 0.923. The molecule has 0 saturated heterocycles. The summed E-state index contributed by atoms with van der Waals surface area (Å²) in [7, 11) is 0. The number of ether oxygens (including phenoxy) is 1. The van der Waals surface area contributed by atoms with Gasteiger partial charge in [0.1, 0.15) is 0 Å². The summed E-state index contributed by atoms with van der Waals surface area (Å²) in [6.45, 7) is 7.09. The van der Waals surface area contributed by atoms with Crippen molar-refractivity contribution in [1.29, 1.82) is 0 Å². The monoisotopic (exact) mass is 242 g/mol. The first-order valence-electron chi connectivity index (χ1n) is 6.77. The van der Waals surface area contributed by atoms with Crippen LogP contribution < -0.4 is 10.6 Å². The molecule has 0 heterocycles. The maximum absolute atomic E-state index is 11.4. The van der Waals surface area contributed by atoms with Gasteiger partial charge in [-0.1, -0.05) is 0 Å². The van der Waals surface area contributed by atoms with Gasteiger partial charge in [0.05, 0.1) is 12.6 Å². The quantitative estimate of drug-likeness (QED) is 0.568. The molecule has 1 fully saturated rings. The summed E-state index contributed by atoms with van der Waals surface area (Å²) < 4.78 is 5.43. The molecule has 0 radical (unpaired) electrons. The third-order valence-electron chi connectivity index (χ3n) is 2.77. The van der Waals surface area contributed by atoms with Gasteiger partial charge in [-0.15, -0.1) is 0 Å². The van der Waals surface area contributed by atoms with Crippen molar-refractivity contribution in [2.45, 2.75) is 45.6 Å². The van der Waals surface area contributed by atoms with Crippen molar-refractivity contribution < 1.29 is 9.53 Å². The highest BCUT2D eigenvalue weighted by Gasteiger charge is 2.21. The van der Waals surface area contributed by atoms with Crippen LogP contribution in [-0.2, 0) is 9.53 Å². The lowest BCUT2D eigenvalue weighted by Crippen LogP contribution is -2.35. The Kier molecular flexibility index (Phi) is 7.21. The third-order valence-corrected chi connectivity index (χ3v) is 2.77.